The van der Waals surface area contributed by atoms with Crippen LogP contribution in [0.4, 0.5) is 0 Å². The molecular formula is C16H37N3O. The average molecular weight is 287 g/mol. The van der Waals surface area contributed by atoms with E-state index in [0.29, 0.717) is 6.54 Å². The van der Waals surface area contributed by atoms with Crippen LogP contribution in [0.2, 0.25) is 0 Å². The second-order valence-electron chi connectivity index (χ2n) is 5.22. The smallest absolute Gasteiger partial charge is 0.236 e. The number of hydrogen-bond donors (Lipinski definition) is 0. The summed E-state index contributed by atoms with van der Waals surface area (Å²) in [5, 5.41) is 0. The molecule has 4 heteroatoms. The van der Waals surface area contributed by atoms with Crippen LogP contribution in [0.3, 0.4) is 0 Å². The van der Waals surface area contributed by atoms with Crippen LogP contribution < -0.4 is 0 Å². The number of unbranched alkanes of at least 4 members (excludes halogenated alkanes) is 2. The van der Waals surface area contributed by atoms with Crippen LogP contribution in [0.5, 0.6) is 0 Å². The molecule has 1 fully saturated rings. The van der Waals surface area contributed by atoms with Crippen molar-refractivity contribution in [1.29, 1.82) is 0 Å². The van der Waals surface area contributed by atoms with E-state index >= 15 is 0 Å². The number of nitrogens with zero attached hydrogens (tertiary/aromatic N) is 3. The quantitative estimate of drug-likeness (QED) is 0.795. The summed E-state index contributed by atoms with van der Waals surface area (Å²) < 4.78 is 0. The average Bonchev–Trinajstić information content (AvgIpc) is 2.45. The molecule has 0 unspecified atom stereocenters. The molecule has 1 heterocycles. The summed E-state index contributed by atoms with van der Waals surface area (Å²) in [4.78, 5) is 17.5. The first-order valence-corrected chi connectivity index (χ1v) is 8.12. The van der Waals surface area contributed by atoms with E-state index in [0.717, 1.165) is 26.2 Å². The summed E-state index contributed by atoms with van der Waals surface area (Å²) in [6.07, 6.45) is 4.08. The maximum absolute atomic E-state index is 11.4. The Kier molecular flexibility index (Phi) is 16.0. The maximum Gasteiger partial charge on any atom is 0.236 e. The van der Waals surface area contributed by atoms with Crippen LogP contribution in [-0.4, -0.2) is 74.5 Å². The minimum absolute atomic E-state index is 0.199. The van der Waals surface area contributed by atoms with Crippen LogP contribution in [-0.2, 0) is 4.79 Å². The maximum atomic E-state index is 11.4. The number of amides is 1. The van der Waals surface area contributed by atoms with Crippen molar-refractivity contribution in [2.24, 2.45) is 0 Å². The predicted octanol–water partition coefficient (Wildman–Crippen LogP) is 2.54. The van der Waals surface area contributed by atoms with E-state index in [1.807, 2.05) is 13.8 Å². The summed E-state index contributed by atoms with van der Waals surface area (Å²) in [7, 11) is 5.72. The van der Waals surface area contributed by atoms with Crippen molar-refractivity contribution in [2.75, 3.05) is 53.9 Å². The van der Waals surface area contributed by atoms with Crippen molar-refractivity contribution in [3.8, 4) is 0 Å². The molecule has 0 aromatic heterocycles. The zero-order valence-corrected chi connectivity index (χ0v) is 14.9. The third-order valence-corrected chi connectivity index (χ3v) is 3.16. The fourth-order valence-corrected chi connectivity index (χ4v) is 1.69. The van der Waals surface area contributed by atoms with Gasteiger partial charge in [0, 0.05) is 40.3 Å². The van der Waals surface area contributed by atoms with E-state index in [1.54, 1.807) is 19.0 Å². The highest BCUT2D eigenvalue weighted by Gasteiger charge is 2.16. The Morgan fingerprint density at radius 1 is 1.00 bits per heavy atom. The largest absolute Gasteiger partial charge is 0.348 e. The lowest BCUT2D eigenvalue weighted by Gasteiger charge is -2.32. The number of carbonyl (C=O) groups excluding carboxylic acids is 1. The van der Waals surface area contributed by atoms with E-state index in [1.165, 1.54) is 19.3 Å². The summed E-state index contributed by atoms with van der Waals surface area (Å²) in [6.45, 7) is 13.2. The summed E-state index contributed by atoms with van der Waals surface area (Å²) >= 11 is 0. The van der Waals surface area contributed by atoms with Gasteiger partial charge in [0.2, 0.25) is 5.91 Å². The van der Waals surface area contributed by atoms with Crippen LogP contribution in [0, 0.1) is 0 Å². The summed E-state index contributed by atoms with van der Waals surface area (Å²) in [5.74, 6) is 0.199. The van der Waals surface area contributed by atoms with Gasteiger partial charge in [0.25, 0.3) is 0 Å². The van der Waals surface area contributed by atoms with Crippen LogP contribution >= 0.6 is 0 Å². The van der Waals surface area contributed by atoms with Crippen molar-refractivity contribution in [3.05, 3.63) is 0 Å². The Balaban J connectivity index is 0. The Hall–Kier alpha value is -0.610. The van der Waals surface area contributed by atoms with Gasteiger partial charge in [0.05, 0.1) is 6.54 Å². The van der Waals surface area contributed by atoms with E-state index in [2.05, 4.69) is 30.7 Å². The SMILES string of the molecule is CC.CCCCC.CN1CCN(CC(=O)N(C)C)CC1. The Labute approximate surface area is 127 Å². The molecular weight excluding hydrogens is 250 g/mol. The van der Waals surface area contributed by atoms with Crippen molar-refractivity contribution < 1.29 is 4.79 Å². The van der Waals surface area contributed by atoms with Gasteiger partial charge in [0.1, 0.15) is 0 Å². The molecule has 1 saturated heterocycles. The minimum Gasteiger partial charge on any atom is -0.348 e. The molecule has 0 atom stereocenters. The van der Waals surface area contributed by atoms with Gasteiger partial charge in [-0.25, -0.2) is 0 Å². The van der Waals surface area contributed by atoms with Gasteiger partial charge in [-0.15, -0.1) is 0 Å². The molecule has 0 bridgehead atoms. The third kappa shape index (κ3) is 12.4. The molecule has 0 N–H and O–H groups in total. The van der Waals surface area contributed by atoms with E-state index < -0.39 is 0 Å². The van der Waals surface area contributed by atoms with Crippen molar-refractivity contribution in [2.45, 2.75) is 47.0 Å². The van der Waals surface area contributed by atoms with Crippen LogP contribution in [0.25, 0.3) is 0 Å². The predicted molar refractivity (Wildman–Crippen MR) is 89.2 cm³/mol. The molecule has 1 amide bonds. The first-order valence-electron chi connectivity index (χ1n) is 8.12. The van der Waals surface area contributed by atoms with Crippen LogP contribution in [0.1, 0.15) is 47.0 Å². The molecule has 0 aromatic rings. The van der Waals surface area contributed by atoms with Crippen molar-refractivity contribution in [1.82, 2.24) is 14.7 Å². The fraction of sp³-hybridized carbons (Fsp3) is 0.938. The van der Waals surface area contributed by atoms with Gasteiger partial charge in [-0.2, -0.15) is 0 Å². The first kappa shape index (κ1) is 21.7. The van der Waals surface area contributed by atoms with Gasteiger partial charge < -0.3 is 9.80 Å². The van der Waals surface area contributed by atoms with Gasteiger partial charge in [-0.3, -0.25) is 9.69 Å². The van der Waals surface area contributed by atoms with Crippen molar-refractivity contribution >= 4 is 5.91 Å². The Morgan fingerprint density at radius 3 is 1.75 bits per heavy atom. The zero-order valence-electron chi connectivity index (χ0n) is 14.9. The zero-order chi connectivity index (χ0) is 16.0. The fourth-order valence-electron chi connectivity index (χ4n) is 1.69. The highest BCUT2D eigenvalue weighted by Crippen LogP contribution is 1.98. The van der Waals surface area contributed by atoms with Crippen molar-refractivity contribution in [3.63, 3.8) is 0 Å². The Morgan fingerprint density at radius 2 is 1.45 bits per heavy atom. The first-order chi connectivity index (χ1) is 9.51. The Bertz CT molecular complexity index is 210. The molecule has 1 aliphatic rings. The van der Waals surface area contributed by atoms with E-state index in [9.17, 15) is 4.79 Å². The summed E-state index contributed by atoms with van der Waals surface area (Å²) in [6, 6.07) is 0. The van der Waals surface area contributed by atoms with Gasteiger partial charge in [0.15, 0.2) is 0 Å². The number of rotatable bonds is 4. The molecule has 20 heavy (non-hydrogen) atoms. The third-order valence-electron chi connectivity index (χ3n) is 3.16. The van der Waals surface area contributed by atoms with E-state index in [-0.39, 0.29) is 5.91 Å². The summed E-state index contributed by atoms with van der Waals surface area (Å²) in [5.41, 5.74) is 0. The second-order valence-corrected chi connectivity index (χ2v) is 5.22. The minimum atomic E-state index is 0.199. The number of hydrogen-bond acceptors (Lipinski definition) is 3. The topological polar surface area (TPSA) is 26.8 Å². The highest BCUT2D eigenvalue weighted by molar-refractivity contribution is 5.77. The second kappa shape index (κ2) is 14.8. The molecule has 0 radical (unpaired) electrons. The normalized spacial score (nSPS) is 15.6. The monoisotopic (exact) mass is 287 g/mol. The van der Waals surface area contributed by atoms with E-state index in [4.69, 9.17) is 0 Å². The lowest BCUT2D eigenvalue weighted by molar-refractivity contribution is -0.130. The number of piperazine rings is 1. The highest BCUT2D eigenvalue weighted by atomic mass is 16.2. The standard InChI is InChI=1S/C9H19N3O.C5H12.C2H6/c1-10(2)9(13)8-12-6-4-11(3)5-7-12;1-3-5-4-2;1-2/h4-8H2,1-3H3;3-5H2,1-2H3;1-2H3. The number of likely N-dealkylation sites (N-methyl/N-ethyl adjacent to an activating group) is 2. The molecule has 1 aliphatic heterocycles. The molecule has 4 nitrogen and oxygen atoms in total. The van der Waals surface area contributed by atoms with Gasteiger partial charge in [-0.05, 0) is 7.05 Å². The molecule has 0 saturated carbocycles. The van der Waals surface area contributed by atoms with Gasteiger partial charge >= 0.3 is 0 Å². The van der Waals surface area contributed by atoms with Gasteiger partial charge in [-0.1, -0.05) is 47.0 Å². The lowest BCUT2D eigenvalue weighted by Crippen LogP contribution is -2.47. The molecule has 0 aliphatic carbocycles. The lowest BCUT2D eigenvalue weighted by atomic mass is 10.3. The molecule has 1 rings (SSSR count). The molecule has 0 aromatic carbocycles. The molecule has 0 spiro atoms. The van der Waals surface area contributed by atoms with Crippen LogP contribution in [0.15, 0.2) is 0 Å². The number of carbonyl (C=O) groups is 1. The molecule has 122 valence electrons.